The molecule has 0 aliphatic carbocycles. The van der Waals surface area contributed by atoms with Crippen molar-refractivity contribution in [3.8, 4) is 0 Å². The summed E-state index contributed by atoms with van der Waals surface area (Å²) in [6.07, 6.45) is 0.709. The molecule has 2 bridgehead atoms. The van der Waals surface area contributed by atoms with Crippen LogP contribution in [0, 0.1) is 32.6 Å². The maximum atomic E-state index is 6.39. The van der Waals surface area contributed by atoms with E-state index in [4.69, 9.17) is 19.0 Å². The zero-order valence-corrected chi connectivity index (χ0v) is 18.1. The molecule has 3 aliphatic rings. The van der Waals surface area contributed by atoms with Crippen LogP contribution in [0.3, 0.4) is 0 Å². The fourth-order valence-electron chi connectivity index (χ4n) is 5.59. The van der Waals surface area contributed by atoms with E-state index in [0.717, 1.165) is 17.7 Å². The van der Waals surface area contributed by atoms with Gasteiger partial charge in [0.1, 0.15) is 17.7 Å². The number of benzene rings is 2. The molecular formula is C25H29NO4. The van der Waals surface area contributed by atoms with Crippen LogP contribution in [0.15, 0.2) is 47.6 Å². The van der Waals surface area contributed by atoms with Crippen LogP contribution in [0.25, 0.3) is 0 Å². The molecule has 30 heavy (non-hydrogen) atoms. The molecule has 3 aliphatic heterocycles. The van der Waals surface area contributed by atoms with Crippen LogP contribution in [-0.2, 0) is 25.7 Å². The van der Waals surface area contributed by atoms with Crippen molar-refractivity contribution in [2.75, 3.05) is 13.7 Å². The average molecular weight is 408 g/mol. The standard InChI is InChI=1S/C25H29NO4/c1-15-10-16(2)21(17(3)11-15)23-22-24-19(14-28-13-18-8-6-5-7-9-18)12-20(29-24)25(22,27-4)30-26-23/h5-11,19-20,22,24H,12-14H2,1-4H3/t19-,20+,22+,24-,25-/m0/s1. The molecule has 5 atom stereocenters. The molecule has 0 aromatic heterocycles. The number of rotatable bonds is 6. The lowest BCUT2D eigenvalue weighted by atomic mass is 9.73. The zero-order chi connectivity index (χ0) is 20.9. The molecule has 2 aromatic rings. The summed E-state index contributed by atoms with van der Waals surface area (Å²) in [7, 11) is 1.70. The lowest BCUT2D eigenvalue weighted by molar-refractivity contribution is -0.247. The summed E-state index contributed by atoms with van der Waals surface area (Å²) in [6, 6.07) is 14.7. The van der Waals surface area contributed by atoms with Gasteiger partial charge in [0.15, 0.2) is 0 Å². The summed E-state index contributed by atoms with van der Waals surface area (Å²) >= 11 is 0. The van der Waals surface area contributed by atoms with Crippen LogP contribution in [0.1, 0.15) is 34.2 Å². The van der Waals surface area contributed by atoms with Gasteiger partial charge in [0, 0.05) is 18.6 Å². The van der Waals surface area contributed by atoms with Crippen molar-refractivity contribution >= 4 is 5.71 Å². The minimum Gasteiger partial charge on any atom is -0.376 e. The summed E-state index contributed by atoms with van der Waals surface area (Å²) in [5, 5.41) is 4.56. The Labute approximate surface area is 178 Å². The molecule has 5 heteroatoms. The van der Waals surface area contributed by atoms with Crippen LogP contribution in [0.2, 0.25) is 0 Å². The molecule has 0 saturated carbocycles. The lowest BCUT2D eigenvalue weighted by Crippen LogP contribution is -2.52. The monoisotopic (exact) mass is 407 g/mol. The SMILES string of the molecule is CO[C@@]12ON=C(c3c(C)cc(C)cc3C)[C@@H]1[C@H]1O[C@@H]2C[C@H]1COCc1ccccc1. The van der Waals surface area contributed by atoms with Gasteiger partial charge in [-0.15, -0.1) is 0 Å². The third-order valence-electron chi connectivity index (χ3n) is 6.79. The molecule has 0 unspecified atom stereocenters. The fraction of sp³-hybridized carbons (Fsp3) is 0.480. The Balaban J connectivity index is 1.38. The van der Waals surface area contributed by atoms with Gasteiger partial charge in [-0.1, -0.05) is 53.2 Å². The molecule has 5 nitrogen and oxygen atoms in total. The van der Waals surface area contributed by atoms with E-state index in [-0.39, 0.29) is 18.1 Å². The molecular weight excluding hydrogens is 378 g/mol. The molecule has 5 rings (SSSR count). The third-order valence-corrected chi connectivity index (χ3v) is 6.79. The van der Waals surface area contributed by atoms with Gasteiger partial charge >= 0.3 is 0 Å². The van der Waals surface area contributed by atoms with E-state index in [1.165, 1.54) is 22.3 Å². The molecule has 3 heterocycles. The number of ether oxygens (including phenoxy) is 3. The molecule has 2 fully saturated rings. The highest BCUT2D eigenvalue weighted by molar-refractivity contribution is 6.06. The van der Waals surface area contributed by atoms with Gasteiger partial charge in [-0.2, -0.15) is 0 Å². The molecule has 0 spiro atoms. The molecule has 158 valence electrons. The lowest BCUT2D eigenvalue weighted by Gasteiger charge is -2.35. The zero-order valence-electron chi connectivity index (χ0n) is 18.1. The number of nitrogens with zero attached hydrogens (tertiary/aromatic N) is 1. The maximum Gasteiger partial charge on any atom is 0.274 e. The van der Waals surface area contributed by atoms with Gasteiger partial charge in [0.05, 0.1) is 19.3 Å². The first-order valence-corrected chi connectivity index (χ1v) is 10.7. The van der Waals surface area contributed by atoms with Gasteiger partial charge in [0.2, 0.25) is 0 Å². The molecule has 0 radical (unpaired) electrons. The summed E-state index contributed by atoms with van der Waals surface area (Å²) < 4.78 is 18.4. The number of oxime groups is 1. The third kappa shape index (κ3) is 2.99. The molecule has 0 amide bonds. The van der Waals surface area contributed by atoms with E-state index in [2.05, 4.69) is 50.2 Å². The predicted octanol–water partition coefficient (Wildman–Crippen LogP) is 4.31. The van der Waals surface area contributed by atoms with Crippen LogP contribution in [0.5, 0.6) is 0 Å². The predicted molar refractivity (Wildman–Crippen MR) is 114 cm³/mol. The normalized spacial score (nSPS) is 31.5. The number of hydrogen-bond acceptors (Lipinski definition) is 5. The van der Waals surface area contributed by atoms with E-state index < -0.39 is 5.79 Å². The first-order valence-electron chi connectivity index (χ1n) is 10.7. The number of fused-ring (bicyclic) bond motifs is 5. The van der Waals surface area contributed by atoms with E-state index in [0.29, 0.717) is 19.1 Å². The minimum atomic E-state index is -0.820. The van der Waals surface area contributed by atoms with E-state index >= 15 is 0 Å². The van der Waals surface area contributed by atoms with Gasteiger partial charge in [-0.3, -0.25) is 0 Å². The van der Waals surface area contributed by atoms with Gasteiger partial charge in [-0.05, 0) is 43.9 Å². The minimum absolute atomic E-state index is 0.0212. The Hall–Kier alpha value is -2.21. The van der Waals surface area contributed by atoms with Crippen LogP contribution in [0.4, 0.5) is 0 Å². The summed E-state index contributed by atoms with van der Waals surface area (Å²) in [4.78, 5) is 5.98. The Bertz CT molecular complexity index is 949. The number of hydrogen-bond donors (Lipinski definition) is 0. The van der Waals surface area contributed by atoms with Crippen molar-refractivity contribution in [2.45, 2.75) is 51.8 Å². The Kier molecular flexibility index (Phi) is 4.92. The first-order chi connectivity index (χ1) is 14.5. The van der Waals surface area contributed by atoms with E-state index in [9.17, 15) is 0 Å². The summed E-state index contributed by atoms with van der Waals surface area (Å²) in [5.74, 6) is -0.573. The van der Waals surface area contributed by atoms with Crippen molar-refractivity contribution < 1.29 is 19.0 Å². The fourth-order valence-corrected chi connectivity index (χ4v) is 5.59. The quantitative estimate of drug-likeness (QED) is 0.716. The number of methoxy groups -OCH3 is 1. The highest BCUT2D eigenvalue weighted by atomic mass is 16.8. The van der Waals surface area contributed by atoms with Crippen molar-refractivity contribution in [1.82, 2.24) is 0 Å². The van der Waals surface area contributed by atoms with Crippen molar-refractivity contribution in [2.24, 2.45) is 17.0 Å². The summed E-state index contributed by atoms with van der Waals surface area (Å²) in [6.45, 7) is 7.67. The Morgan fingerprint density at radius 2 is 1.83 bits per heavy atom. The second-order valence-electron chi connectivity index (χ2n) is 8.83. The molecule has 0 N–H and O–H groups in total. The van der Waals surface area contributed by atoms with E-state index in [1.807, 2.05) is 18.2 Å². The Morgan fingerprint density at radius 1 is 1.10 bits per heavy atom. The topological polar surface area (TPSA) is 49.3 Å². The van der Waals surface area contributed by atoms with Crippen LogP contribution in [-0.4, -0.2) is 37.4 Å². The second kappa shape index (κ2) is 7.49. The summed E-state index contributed by atoms with van der Waals surface area (Å²) in [5.41, 5.74) is 6.97. The van der Waals surface area contributed by atoms with Crippen LogP contribution < -0.4 is 0 Å². The van der Waals surface area contributed by atoms with Gasteiger partial charge in [0.25, 0.3) is 5.79 Å². The largest absolute Gasteiger partial charge is 0.376 e. The Morgan fingerprint density at radius 3 is 2.53 bits per heavy atom. The second-order valence-corrected chi connectivity index (χ2v) is 8.83. The highest BCUT2D eigenvalue weighted by Gasteiger charge is 2.70. The molecule has 2 aromatic carbocycles. The average Bonchev–Trinajstić information content (AvgIpc) is 3.39. The smallest absolute Gasteiger partial charge is 0.274 e. The van der Waals surface area contributed by atoms with E-state index in [1.54, 1.807) is 7.11 Å². The number of aryl methyl sites for hydroxylation is 3. The maximum absolute atomic E-state index is 6.39. The van der Waals surface area contributed by atoms with Gasteiger partial charge < -0.3 is 19.0 Å². The first kappa shape index (κ1) is 19.7. The highest BCUT2D eigenvalue weighted by Crippen LogP contribution is 2.55. The van der Waals surface area contributed by atoms with Crippen LogP contribution >= 0.6 is 0 Å². The molecule has 2 saturated heterocycles. The van der Waals surface area contributed by atoms with Gasteiger partial charge in [-0.25, -0.2) is 0 Å². The van der Waals surface area contributed by atoms with Crippen molar-refractivity contribution in [3.63, 3.8) is 0 Å². The van der Waals surface area contributed by atoms with Crippen molar-refractivity contribution in [1.29, 1.82) is 0 Å². The van der Waals surface area contributed by atoms with Crippen molar-refractivity contribution in [3.05, 3.63) is 70.3 Å².